The lowest BCUT2D eigenvalue weighted by molar-refractivity contribution is 0.279. The fraction of sp³-hybridized carbons (Fsp3) is 0.750. The maximum atomic E-state index is 4.76. The summed E-state index contributed by atoms with van der Waals surface area (Å²) in [7, 11) is 0. The summed E-state index contributed by atoms with van der Waals surface area (Å²) in [5.74, 6) is 3.32. The van der Waals surface area contributed by atoms with E-state index >= 15 is 0 Å². The van der Waals surface area contributed by atoms with Crippen LogP contribution >= 0.6 is 0 Å². The summed E-state index contributed by atoms with van der Waals surface area (Å²) < 4.78 is 0. The van der Waals surface area contributed by atoms with Gasteiger partial charge in [-0.3, -0.25) is 0 Å². The van der Waals surface area contributed by atoms with E-state index in [1.54, 1.807) is 0 Å². The minimum atomic E-state index is 0.355. The van der Waals surface area contributed by atoms with Crippen molar-refractivity contribution in [2.45, 2.75) is 53.4 Å². The molecule has 1 fully saturated rings. The number of hydrogen-bond acceptors (Lipinski definition) is 4. The molecule has 4 nitrogen and oxygen atoms in total. The first-order chi connectivity index (χ1) is 9.41. The molecule has 0 saturated carbocycles. The molecule has 1 N–H and O–H groups in total. The zero-order valence-electron chi connectivity index (χ0n) is 13.5. The molecular weight excluding hydrogens is 248 g/mol. The van der Waals surface area contributed by atoms with Crippen molar-refractivity contribution in [1.29, 1.82) is 0 Å². The van der Waals surface area contributed by atoms with E-state index in [2.05, 4.69) is 55.9 Å². The number of rotatable bonds is 4. The van der Waals surface area contributed by atoms with Gasteiger partial charge in [-0.05, 0) is 25.2 Å². The molecule has 1 saturated heterocycles. The molecule has 2 rings (SSSR count). The van der Waals surface area contributed by atoms with Crippen LogP contribution in [-0.4, -0.2) is 29.6 Å². The Balaban J connectivity index is 2.22. The van der Waals surface area contributed by atoms with Crippen LogP contribution < -0.4 is 10.2 Å². The first-order valence-electron chi connectivity index (χ1n) is 7.79. The second kappa shape index (κ2) is 5.98. The van der Waals surface area contributed by atoms with Gasteiger partial charge >= 0.3 is 0 Å². The number of aromatic nitrogens is 2. The molecule has 20 heavy (non-hydrogen) atoms. The van der Waals surface area contributed by atoms with Gasteiger partial charge in [0.05, 0.1) is 0 Å². The topological polar surface area (TPSA) is 41.0 Å². The summed E-state index contributed by atoms with van der Waals surface area (Å²) in [6.45, 7) is 14.2. The summed E-state index contributed by atoms with van der Waals surface area (Å²) >= 11 is 0. The van der Waals surface area contributed by atoms with Gasteiger partial charge in [-0.25, -0.2) is 9.97 Å². The van der Waals surface area contributed by atoms with E-state index in [0.29, 0.717) is 11.3 Å². The van der Waals surface area contributed by atoms with E-state index in [-0.39, 0.29) is 0 Å². The molecule has 0 aromatic carbocycles. The lowest BCUT2D eigenvalue weighted by atomic mass is 9.83. The van der Waals surface area contributed by atoms with Crippen LogP contribution in [0.3, 0.4) is 0 Å². The van der Waals surface area contributed by atoms with Gasteiger partial charge in [-0.15, -0.1) is 0 Å². The largest absolute Gasteiger partial charge is 0.370 e. The van der Waals surface area contributed by atoms with Gasteiger partial charge in [0, 0.05) is 31.6 Å². The zero-order valence-corrected chi connectivity index (χ0v) is 13.5. The van der Waals surface area contributed by atoms with Crippen LogP contribution in [-0.2, 0) is 0 Å². The first-order valence-corrected chi connectivity index (χ1v) is 7.79. The molecule has 0 amide bonds. The highest BCUT2D eigenvalue weighted by Gasteiger charge is 2.26. The molecule has 2 heterocycles. The maximum absolute atomic E-state index is 4.76. The molecule has 0 spiro atoms. The van der Waals surface area contributed by atoms with E-state index in [1.165, 1.54) is 12.8 Å². The van der Waals surface area contributed by atoms with Gasteiger partial charge in [0.25, 0.3) is 0 Å². The van der Waals surface area contributed by atoms with Crippen LogP contribution in [0.2, 0.25) is 0 Å². The maximum Gasteiger partial charge on any atom is 0.135 e. The number of nitrogens with one attached hydrogen (secondary N) is 1. The van der Waals surface area contributed by atoms with Crippen molar-refractivity contribution in [3.63, 3.8) is 0 Å². The van der Waals surface area contributed by atoms with Crippen molar-refractivity contribution in [3.05, 3.63) is 11.9 Å². The third kappa shape index (κ3) is 3.62. The standard InChI is InChI=1S/C16H28N4/c1-6-17-13-11-14(19-15(18-13)12(2)3)20-9-7-16(4,5)8-10-20/h11-12H,6-10H2,1-5H3,(H,17,18,19). The monoisotopic (exact) mass is 276 g/mol. The molecule has 4 heteroatoms. The second-order valence-electron chi connectivity index (χ2n) is 6.81. The highest BCUT2D eigenvalue weighted by atomic mass is 15.2. The Labute approximate surface area is 123 Å². The fourth-order valence-electron chi connectivity index (χ4n) is 2.49. The SMILES string of the molecule is CCNc1cc(N2CCC(C)(C)CC2)nc(C(C)C)n1. The van der Waals surface area contributed by atoms with Gasteiger partial charge in [-0.1, -0.05) is 27.7 Å². The minimum Gasteiger partial charge on any atom is -0.370 e. The molecule has 0 bridgehead atoms. The lowest BCUT2D eigenvalue weighted by Gasteiger charge is -2.37. The summed E-state index contributed by atoms with van der Waals surface area (Å²) in [4.78, 5) is 11.8. The van der Waals surface area contributed by atoms with Crippen LogP contribution in [0.5, 0.6) is 0 Å². The number of anilines is 2. The van der Waals surface area contributed by atoms with Crippen LogP contribution in [0, 0.1) is 5.41 Å². The summed E-state index contributed by atoms with van der Waals surface area (Å²) in [6.07, 6.45) is 2.45. The van der Waals surface area contributed by atoms with Gasteiger partial charge in [0.2, 0.25) is 0 Å². The van der Waals surface area contributed by atoms with Gasteiger partial charge in [-0.2, -0.15) is 0 Å². The van der Waals surface area contributed by atoms with E-state index in [9.17, 15) is 0 Å². The van der Waals surface area contributed by atoms with Crippen molar-refractivity contribution in [2.75, 3.05) is 29.9 Å². The summed E-state index contributed by atoms with van der Waals surface area (Å²) in [5.41, 5.74) is 0.467. The molecule has 0 radical (unpaired) electrons. The van der Waals surface area contributed by atoms with Crippen LogP contribution in [0.4, 0.5) is 11.6 Å². The summed E-state index contributed by atoms with van der Waals surface area (Å²) in [6, 6.07) is 2.09. The Morgan fingerprint density at radius 3 is 2.45 bits per heavy atom. The molecule has 0 aliphatic carbocycles. The smallest absolute Gasteiger partial charge is 0.135 e. The molecule has 0 unspecified atom stereocenters. The highest BCUT2D eigenvalue weighted by molar-refractivity contribution is 5.50. The van der Waals surface area contributed by atoms with E-state index in [0.717, 1.165) is 37.1 Å². The molecule has 1 aromatic rings. The predicted octanol–water partition coefficient (Wildman–Crippen LogP) is 3.66. The van der Waals surface area contributed by atoms with E-state index < -0.39 is 0 Å². The van der Waals surface area contributed by atoms with Gasteiger partial charge in [0.15, 0.2) is 0 Å². The Kier molecular flexibility index (Phi) is 4.51. The Bertz CT molecular complexity index is 444. The van der Waals surface area contributed by atoms with Crippen molar-refractivity contribution in [3.8, 4) is 0 Å². The van der Waals surface area contributed by atoms with Crippen molar-refractivity contribution in [2.24, 2.45) is 5.41 Å². The minimum absolute atomic E-state index is 0.355. The molecular formula is C16H28N4. The Hall–Kier alpha value is -1.32. The molecule has 0 atom stereocenters. The lowest BCUT2D eigenvalue weighted by Crippen LogP contribution is -2.38. The third-order valence-electron chi connectivity index (χ3n) is 4.05. The average Bonchev–Trinajstić information content (AvgIpc) is 2.38. The van der Waals surface area contributed by atoms with Crippen LogP contribution in [0.25, 0.3) is 0 Å². The number of nitrogens with zero attached hydrogens (tertiary/aromatic N) is 3. The molecule has 1 aliphatic rings. The quantitative estimate of drug-likeness (QED) is 0.911. The molecule has 1 aromatic heterocycles. The predicted molar refractivity (Wildman–Crippen MR) is 85.5 cm³/mol. The van der Waals surface area contributed by atoms with Crippen LogP contribution in [0.15, 0.2) is 6.07 Å². The van der Waals surface area contributed by atoms with Crippen molar-refractivity contribution in [1.82, 2.24) is 9.97 Å². The Morgan fingerprint density at radius 2 is 1.90 bits per heavy atom. The Morgan fingerprint density at radius 1 is 1.25 bits per heavy atom. The fourth-order valence-corrected chi connectivity index (χ4v) is 2.49. The van der Waals surface area contributed by atoms with Crippen molar-refractivity contribution < 1.29 is 0 Å². The molecule has 112 valence electrons. The summed E-state index contributed by atoms with van der Waals surface area (Å²) in [5, 5.41) is 3.32. The van der Waals surface area contributed by atoms with Crippen LogP contribution in [0.1, 0.15) is 59.2 Å². The average molecular weight is 276 g/mol. The van der Waals surface area contributed by atoms with E-state index in [1.807, 2.05) is 0 Å². The zero-order chi connectivity index (χ0) is 14.8. The molecule has 1 aliphatic heterocycles. The number of hydrogen-bond donors (Lipinski definition) is 1. The number of piperidine rings is 1. The van der Waals surface area contributed by atoms with Gasteiger partial charge in [0.1, 0.15) is 17.5 Å². The van der Waals surface area contributed by atoms with E-state index in [4.69, 9.17) is 4.98 Å². The highest BCUT2D eigenvalue weighted by Crippen LogP contribution is 2.32. The second-order valence-corrected chi connectivity index (χ2v) is 6.81. The normalized spacial score (nSPS) is 18.4. The third-order valence-corrected chi connectivity index (χ3v) is 4.05. The van der Waals surface area contributed by atoms with Gasteiger partial charge < -0.3 is 10.2 Å². The van der Waals surface area contributed by atoms with Crippen molar-refractivity contribution >= 4 is 11.6 Å². The first kappa shape index (κ1) is 15.1.